The number of nitrogens with one attached hydrogen (secondary N) is 1. The van der Waals surface area contributed by atoms with Crippen LogP contribution in [0.25, 0.3) is 11.0 Å². The maximum absolute atomic E-state index is 12.2. The molecule has 3 aromatic rings. The van der Waals surface area contributed by atoms with Gasteiger partial charge in [0.1, 0.15) is 18.2 Å². The zero-order valence-electron chi connectivity index (χ0n) is 15.5. The first-order chi connectivity index (χ1) is 13.2. The number of hydrogen-bond acceptors (Lipinski definition) is 5. The molecule has 1 aliphatic rings. The first-order valence-electron chi connectivity index (χ1n) is 9.40. The van der Waals surface area contributed by atoms with Crippen LogP contribution in [0.1, 0.15) is 18.7 Å². The summed E-state index contributed by atoms with van der Waals surface area (Å²) in [5.74, 6) is 2.21. The van der Waals surface area contributed by atoms with E-state index in [-0.39, 0.29) is 5.91 Å². The van der Waals surface area contributed by atoms with E-state index in [0.717, 1.165) is 48.6 Å². The Bertz CT molecular complexity index is 937. The van der Waals surface area contributed by atoms with Crippen molar-refractivity contribution in [2.24, 2.45) is 5.92 Å². The maximum atomic E-state index is 12.2. The summed E-state index contributed by atoms with van der Waals surface area (Å²) < 4.78 is 1.85. The van der Waals surface area contributed by atoms with E-state index < -0.39 is 0 Å². The molecule has 7 heteroatoms. The van der Waals surface area contributed by atoms with Crippen LogP contribution in [0.3, 0.4) is 0 Å². The molecule has 140 valence electrons. The molecule has 1 aromatic carbocycles. The molecule has 0 radical (unpaired) electrons. The van der Waals surface area contributed by atoms with Gasteiger partial charge in [-0.05, 0) is 37.8 Å². The summed E-state index contributed by atoms with van der Waals surface area (Å²) in [6.07, 6.45) is 7.60. The first-order valence-corrected chi connectivity index (χ1v) is 9.40. The van der Waals surface area contributed by atoms with E-state index in [1.54, 1.807) is 6.20 Å². The van der Waals surface area contributed by atoms with Crippen LogP contribution in [0.2, 0.25) is 0 Å². The number of imidazole rings is 1. The molecule has 2 aromatic heterocycles. The topological polar surface area (TPSA) is 75.9 Å². The van der Waals surface area contributed by atoms with Gasteiger partial charge in [0.25, 0.3) is 0 Å². The predicted octanol–water partition coefficient (Wildman–Crippen LogP) is 2.17. The van der Waals surface area contributed by atoms with Gasteiger partial charge >= 0.3 is 0 Å². The van der Waals surface area contributed by atoms with Crippen LogP contribution in [0.15, 0.2) is 42.9 Å². The zero-order chi connectivity index (χ0) is 18.6. The summed E-state index contributed by atoms with van der Waals surface area (Å²) >= 11 is 0. The molecule has 0 aliphatic carbocycles. The van der Waals surface area contributed by atoms with Gasteiger partial charge in [0, 0.05) is 32.0 Å². The Balaban J connectivity index is 1.34. The van der Waals surface area contributed by atoms with E-state index in [9.17, 15) is 4.79 Å². The number of carbonyl (C=O) groups is 1. The quantitative estimate of drug-likeness (QED) is 0.751. The Hall–Kier alpha value is -2.96. The molecule has 1 atom stereocenters. The number of aromatic nitrogens is 4. The minimum atomic E-state index is 0.0266. The molecule has 1 unspecified atom stereocenters. The fourth-order valence-corrected chi connectivity index (χ4v) is 3.58. The molecule has 3 heterocycles. The Labute approximate surface area is 158 Å². The smallest absolute Gasteiger partial charge is 0.239 e. The van der Waals surface area contributed by atoms with Crippen LogP contribution in [0, 0.1) is 12.8 Å². The van der Waals surface area contributed by atoms with E-state index in [1.807, 2.05) is 48.1 Å². The van der Waals surface area contributed by atoms with E-state index in [1.165, 1.54) is 0 Å². The summed E-state index contributed by atoms with van der Waals surface area (Å²) in [6, 6.07) is 7.92. The van der Waals surface area contributed by atoms with Gasteiger partial charge in [-0.25, -0.2) is 9.97 Å². The van der Waals surface area contributed by atoms with E-state index in [2.05, 4.69) is 20.2 Å². The number of carbonyl (C=O) groups excluding carboxylic acids is 1. The lowest BCUT2D eigenvalue weighted by Crippen LogP contribution is -2.42. The molecule has 4 rings (SSSR count). The molecular weight excluding hydrogens is 340 g/mol. The molecule has 1 amide bonds. The summed E-state index contributed by atoms with van der Waals surface area (Å²) in [7, 11) is 0. The Kier molecular flexibility index (Phi) is 5.00. The van der Waals surface area contributed by atoms with Crippen molar-refractivity contribution in [1.29, 1.82) is 0 Å². The molecule has 7 nitrogen and oxygen atoms in total. The van der Waals surface area contributed by atoms with Crippen molar-refractivity contribution in [3.8, 4) is 0 Å². The molecular formula is C20H24N6O. The Morgan fingerprint density at radius 1 is 1.26 bits per heavy atom. The molecule has 0 bridgehead atoms. The molecule has 1 fully saturated rings. The number of fused-ring (bicyclic) bond motifs is 1. The predicted molar refractivity (Wildman–Crippen MR) is 104 cm³/mol. The molecule has 1 N–H and O–H groups in total. The SMILES string of the molecule is Cc1nccn1CC(=O)NCC1CCCN(c2cnc3ccccc3n2)C1. The number of para-hydroxylation sites is 2. The van der Waals surface area contributed by atoms with Crippen LogP contribution in [-0.2, 0) is 11.3 Å². The lowest BCUT2D eigenvalue weighted by atomic mass is 9.98. The number of rotatable bonds is 5. The zero-order valence-corrected chi connectivity index (χ0v) is 15.5. The van der Waals surface area contributed by atoms with Crippen LogP contribution in [0.4, 0.5) is 5.82 Å². The fourth-order valence-electron chi connectivity index (χ4n) is 3.58. The third-order valence-corrected chi connectivity index (χ3v) is 5.10. The standard InChI is InChI=1S/C20H24N6O/c1-15-21-8-10-25(15)14-20(27)23-11-16-5-4-9-26(13-16)19-12-22-17-6-2-3-7-18(17)24-19/h2-3,6-8,10,12,16H,4-5,9,11,13-14H2,1H3,(H,23,27). The van der Waals surface area contributed by atoms with Crippen LogP contribution in [0.5, 0.6) is 0 Å². The van der Waals surface area contributed by atoms with Gasteiger partial charge in [0.05, 0.1) is 17.2 Å². The number of benzene rings is 1. The second-order valence-electron chi connectivity index (χ2n) is 7.08. The molecule has 1 aliphatic heterocycles. The summed E-state index contributed by atoms with van der Waals surface area (Å²) in [5, 5.41) is 3.07. The Morgan fingerprint density at radius 2 is 2.11 bits per heavy atom. The van der Waals surface area contributed by atoms with Gasteiger partial charge < -0.3 is 14.8 Å². The number of aryl methyl sites for hydroxylation is 1. The number of hydrogen-bond donors (Lipinski definition) is 1. The van der Waals surface area contributed by atoms with E-state index in [0.29, 0.717) is 19.0 Å². The van der Waals surface area contributed by atoms with Crippen LogP contribution >= 0.6 is 0 Å². The number of nitrogens with zero attached hydrogens (tertiary/aromatic N) is 5. The molecule has 1 saturated heterocycles. The molecule has 27 heavy (non-hydrogen) atoms. The van der Waals surface area contributed by atoms with Gasteiger partial charge in [-0.3, -0.25) is 9.78 Å². The summed E-state index contributed by atoms with van der Waals surface area (Å²) in [4.78, 5) is 27.9. The maximum Gasteiger partial charge on any atom is 0.239 e. The van der Waals surface area contributed by atoms with Crippen molar-refractivity contribution in [2.45, 2.75) is 26.3 Å². The van der Waals surface area contributed by atoms with Crippen molar-refractivity contribution < 1.29 is 4.79 Å². The average molecular weight is 364 g/mol. The van der Waals surface area contributed by atoms with E-state index >= 15 is 0 Å². The number of piperidine rings is 1. The van der Waals surface area contributed by atoms with Crippen molar-refractivity contribution in [2.75, 3.05) is 24.5 Å². The van der Waals surface area contributed by atoms with Gasteiger partial charge in [-0.15, -0.1) is 0 Å². The van der Waals surface area contributed by atoms with Gasteiger partial charge in [-0.2, -0.15) is 0 Å². The Morgan fingerprint density at radius 3 is 2.93 bits per heavy atom. The highest BCUT2D eigenvalue weighted by Crippen LogP contribution is 2.22. The second-order valence-corrected chi connectivity index (χ2v) is 7.08. The van der Waals surface area contributed by atoms with Crippen molar-refractivity contribution in [3.05, 3.63) is 48.7 Å². The third kappa shape index (κ3) is 4.07. The van der Waals surface area contributed by atoms with Gasteiger partial charge in [0.2, 0.25) is 5.91 Å². The molecule has 0 spiro atoms. The second kappa shape index (κ2) is 7.73. The highest BCUT2D eigenvalue weighted by Gasteiger charge is 2.22. The summed E-state index contributed by atoms with van der Waals surface area (Å²) in [6.45, 7) is 4.77. The van der Waals surface area contributed by atoms with Crippen LogP contribution < -0.4 is 10.2 Å². The monoisotopic (exact) mass is 364 g/mol. The largest absolute Gasteiger partial charge is 0.355 e. The summed E-state index contributed by atoms with van der Waals surface area (Å²) in [5.41, 5.74) is 1.83. The van der Waals surface area contributed by atoms with Gasteiger partial charge in [-0.1, -0.05) is 12.1 Å². The third-order valence-electron chi connectivity index (χ3n) is 5.10. The number of amides is 1. The lowest BCUT2D eigenvalue weighted by Gasteiger charge is -2.33. The highest BCUT2D eigenvalue weighted by molar-refractivity contribution is 5.76. The highest BCUT2D eigenvalue weighted by atomic mass is 16.1. The molecule has 0 saturated carbocycles. The van der Waals surface area contributed by atoms with Crippen molar-refractivity contribution >= 4 is 22.8 Å². The fraction of sp³-hybridized carbons (Fsp3) is 0.400. The minimum Gasteiger partial charge on any atom is -0.355 e. The van der Waals surface area contributed by atoms with Crippen LogP contribution in [-0.4, -0.2) is 45.1 Å². The average Bonchev–Trinajstić information content (AvgIpc) is 3.10. The van der Waals surface area contributed by atoms with Crippen molar-refractivity contribution in [1.82, 2.24) is 24.8 Å². The van der Waals surface area contributed by atoms with Gasteiger partial charge in [0.15, 0.2) is 0 Å². The van der Waals surface area contributed by atoms with E-state index in [4.69, 9.17) is 4.98 Å². The first kappa shape index (κ1) is 17.5. The minimum absolute atomic E-state index is 0.0266. The lowest BCUT2D eigenvalue weighted by molar-refractivity contribution is -0.121. The number of anilines is 1. The normalized spacial score (nSPS) is 17.2. The van der Waals surface area contributed by atoms with Crippen molar-refractivity contribution in [3.63, 3.8) is 0 Å².